The summed E-state index contributed by atoms with van der Waals surface area (Å²) in [5.74, 6) is 0.587. The lowest BCUT2D eigenvalue weighted by atomic mass is 10.2. The average Bonchev–Trinajstić information content (AvgIpc) is 3.05. The van der Waals surface area contributed by atoms with E-state index >= 15 is 0 Å². The smallest absolute Gasteiger partial charge is 0.410 e. The number of hydrogen-bond donors (Lipinski definition) is 0. The number of ether oxygens (including phenoxy) is 1. The second kappa shape index (κ2) is 8.21. The fourth-order valence-electron chi connectivity index (χ4n) is 4.01. The molecule has 1 atom stereocenters. The maximum Gasteiger partial charge on any atom is 0.410 e. The molecule has 1 unspecified atom stereocenters. The second-order valence-corrected chi connectivity index (χ2v) is 9.09. The Kier molecular flexibility index (Phi) is 5.60. The van der Waals surface area contributed by atoms with Crippen molar-refractivity contribution in [2.24, 2.45) is 0 Å². The van der Waals surface area contributed by atoms with Crippen molar-refractivity contribution in [2.45, 2.75) is 45.9 Å². The maximum atomic E-state index is 13.8. The number of halogens is 1. The van der Waals surface area contributed by atoms with E-state index in [0.29, 0.717) is 26.2 Å². The zero-order chi connectivity index (χ0) is 22.2. The zero-order valence-electron chi connectivity index (χ0n) is 18.5. The van der Waals surface area contributed by atoms with E-state index in [1.165, 1.54) is 6.07 Å². The van der Waals surface area contributed by atoms with Gasteiger partial charge in [0.05, 0.1) is 17.6 Å². The topological polar surface area (TPSA) is 50.6 Å². The summed E-state index contributed by atoms with van der Waals surface area (Å²) in [4.78, 5) is 21.4. The van der Waals surface area contributed by atoms with Crippen LogP contribution in [0, 0.1) is 5.82 Å². The minimum Gasteiger partial charge on any atom is -0.444 e. The molecule has 1 aliphatic heterocycles. The first kappa shape index (κ1) is 21.2. The second-order valence-electron chi connectivity index (χ2n) is 9.09. The molecular formula is C24H29FN4O2. The third-order valence-electron chi connectivity index (χ3n) is 5.40. The number of anilines is 1. The van der Waals surface area contributed by atoms with Crippen molar-refractivity contribution in [3.05, 3.63) is 59.9 Å². The highest BCUT2D eigenvalue weighted by Gasteiger charge is 2.32. The summed E-state index contributed by atoms with van der Waals surface area (Å²) in [6.45, 7) is 10.0. The van der Waals surface area contributed by atoms with Crippen LogP contribution >= 0.6 is 0 Å². The van der Waals surface area contributed by atoms with Gasteiger partial charge in [0.2, 0.25) is 5.95 Å². The number of carbonyl (C=O) groups is 1. The number of hydrogen-bond acceptors (Lipinski definition) is 4. The summed E-state index contributed by atoms with van der Waals surface area (Å²) in [5, 5.41) is 0. The van der Waals surface area contributed by atoms with E-state index in [0.717, 1.165) is 22.5 Å². The molecule has 2 heterocycles. The molecule has 164 valence electrons. The highest BCUT2D eigenvalue weighted by atomic mass is 19.1. The summed E-state index contributed by atoms with van der Waals surface area (Å²) in [5.41, 5.74) is 2.26. The Morgan fingerprint density at radius 3 is 2.65 bits per heavy atom. The van der Waals surface area contributed by atoms with Crippen LogP contribution < -0.4 is 4.90 Å². The Labute approximate surface area is 182 Å². The first-order valence-electron chi connectivity index (χ1n) is 10.7. The van der Waals surface area contributed by atoms with Crippen molar-refractivity contribution in [3.8, 4) is 0 Å². The monoisotopic (exact) mass is 424 g/mol. The van der Waals surface area contributed by atoms with Gasteiger partial charge in [0.1, 0.15) is 11.4 Å². The first-order chi connectivity index (χ1) is 14.7. The quantitative estimate of drug-likeness (QED) is 0.613. The molecule has 1 amide bonds. The molecule has 0 spiro atoms. The number of para-hydroxylation sites is 2. The highest BCUT2D eigenvalue weighted by Crippen LogP contribution is 2.27. The Morgan fingerprint density at radius 2 is 1.94 bits per heavy atom. The van der Waals surface area contributed by atoms with E-state index in [1.807, 2.05) is 58.0 Å². The molecular weight excluding hydrogens is 395 g/mol. The molecule has 0 N–H and O–H groups in total. The highest BCUT2D eigenvalue weighted by molar-refractivity contribution is 5.79. The van der Waals surface area contributed by atoms with Gasteiger partial charge < -0.3 is 19.1 Å². The van der Waals surface area contributed by atoms with Gasteiger partial charge in [0.25, 0.3) is 0 Å². The number of nitrogens with zero attached hydrogens (tertiary/aromatic N) is 4. The van der Waals surface area contributed by atoms with Crippen LogP contribution in [0.5, 0.6) is 0 Å². The molecule has 6 nitrogen and oxygen atoms in total. The van der Waals surface area contributed by atoms with E-state index in [2.05, 4.69) is 9.47 Å². The molecule has 1 aromatic heterocycles. The molecule has 0 saturated carbocycles. The maximum absolute atomic E-state index is 13.8. The molecule has 2 aromatic carbocycles. The van der Waals surface area contributed by atoms with Gasteiger partial charge in [-0.15, -0.1) is 0 Å². The number of amides is 1. The Bertz CT molecular complexity index is 1090. The van der Waals surface area contributed by atoms with Crippen molar-refractivity contribution in [2.75, 3.05) is 24.5 Å². The Hall–Kier alpha value is -3.09. The van der Waals surface area contributed by atoms with Gasteiger partial charge in [0, 0.05) is 25.7 Å². The summed E-state index contributed by atoms with van der Waals surface area (Å²) in [7, 11) is 0. The molecule has 0 aliphatic carbocycles. The van der Waals surface area contributed by atoms with Gasteiger partial charge in [-0.25, -0.2) is 14.2 Å². The van der Waals surface area contributed by atoms with Gasteiger partial charge in [-0.05, 0) is 57.5 Å². The normalized spacial score (nSPS) is 17.3. The molecule has 31 heavy (non-hydrogen) atoms. The predicted octanol–water partition coefficient (Wildman–Crippen LogP) is 4.67. The van der Waals surface area contributed by atoms with Gasteiger partial charge in [-0.2, -0.15) is 0 Å². The zero-order valence-corrected chi connectivity index (χ0v) is 18.5. The fourth-order valence-corrected chi connectivity index (χ4v) is 4.01. The van der Waals surface area contributed by atoms with Crippen molar-refractivity contribution < 1.29 is 13.9 Å². The van der Waals surface area contributed by atoms with E-state index in [9.17, 15) is 9.18 Å². The van der Waals surface area contributed by atoms with Crippen LogP contribution in [0.15, 0.2) is 48.5 Å². The molecule has 1 saturated heterocycles. The molecule has 0 radical (unpaired) electrons. The van der Waals surface area contributed by atoms with Crippen LogP contribution in [0.2, 0.25) is 0 Å². The van der Waals surface area contributed by atoms with Crippen LogP contribution in [0.4, 0.5) is 15.1 Å². The van der Waals surface area contributed by atoms with E-state index in [4.69, 9.17) is 9.72 Å². The van der Waals surface area contributed by atoms with Gasteiger partial charge >= 0.3 is 6.09 Å². The molecule has 4 rings (SSSR count). The van der Waals surface area contributed by atoms with Crippen molar-refractivity contribution in [3.63, 3.8) is 0 Å². The fraction of sp³-hybridized carbons (Fsp3) is 0.417. The molecule has 1 aliphatic rings. The van der Waals surface area contributed by atoms with Crippen LogP contribution in [-0.4, -0.2) is 51.8 Å². The summed E-state index contributed by atoms with van der Waals surface area (Å²) in [6.07, 6.45) is -0.284. The standard InChI is InChI=1S/C24H29FN4O2/c1-17-15-27(12-13-28(17)23(30)31-24(2,3)4)22-26-20-10-5-6-11-21(20)29(22)16-18-8-7-9-19(25)14-18/h5-11,14,17H,12-13,15-16H2,1-4H3. The number of carbonyl (C=O) groups excluding carboxylic acids is 1. The van der Waals surface area contributed by atoms with Crippen molar-refractivity contribution in [1.29, 1.82) is 0 Å². The van der Waals surface area contributed by atoms with Crippen LogP contribution in [0.1, 0.15) is 33.3 Å². The summed E-state index contributed by atoms with van der Waals surface area (Å²) >= 11 is 0. The minimum atomic E-state index is -0.521. The third-order valence-corrected chi connectivity index (χ3v) is 5.40. The van der Waals surface area contributed by atoms with E-state index in [1.54, 1.807) is 17.0 Å². The van der Waals surface area contributed by atoms with Gasteiger partial charge in [-0.1, -0.05) is 24.3 Å². The lowest BCUT2D eigenvalue weighted by Gasteiger charge is -2.40. The van der Waals surface area contributed by atoms with Gasteiger partial charge in [0.15, 0.2) is 0 Å². The molecule has 7 heteroatoms. The average molecular weight is 425 g/mol. The SMILES string of the molecule is CC1CN(c2nc3ccccc3n2Cc2cccc(F)c2)CCN1C(=O)OC(C)(C)C. The lowest BCUT2D eigenvalue weighted by Crippen LogP contribution is -2.55. The minimum absolute atomic E-state index is 0.0222. The van der Waals surface area contributed by atoms with Crippen molar-refractivity contribution in [1.82, 2.24) is 14.5 Å². The molecule has 1 fully saturated rings. The third kappa shape index (κ3) is 4.65. The predicted molar refractivity (Wildman–Crippen MR) is 120 cm³/mol. The number of imidazole rings is 1. The summed E-state index contributed by atoms with van der Waals surface area (Å²) < 4.78 is 21.5. The number of benzene rings is 2. The number of fused-ring (bicyclic) bond motifs is 1. The molecule has 0 bridgehead atoms. The summed E-state index contributed by atoms with van der Waals surface area (Å²) in [6, 6.07) is 14.6. The Balaban J connectivity index is 1.61. The van der Waals surface area contributed by atoms with Crippen molar-refractivity contribution >= 4 is 23.1 Å². The molecule has 3 aromatic rings. The van der Waals surface area contributed by atoms with E-state index in [-0.39, 0.29) is 18.0 Å². The number of aromatic nitrogens is 2. The first-order valence-corrected chi connectivity index (χ1v) is 10.7. The largest absolute Gasteiger partial charge is 0.444 e. The Morgan fingerprint density at radius 1 is 1.16 bits per heavy atom. The lowest BCUT2D eigenvalue weighted by molar-refractivity contribution is 0.0158. The van der Waals surface area contributed by atoms with E-state index < -0.39 is 5.60 Å². The number of rotatable bonds is 3. The number of piperazine rings is 1. The van der Waals surface area contributed by atoms with Gasteiger partial charge in [-0.3, -0.25) is 0 Å². The van der Waals surface area contributed by atoms with Crippen LogP contribution in [0.25, 0.3) is 11.0 Å². The van der Waals surface area contributed by atoms with Crippen LogP contribution in [0.3, 0.4) is 0 Å². The van der Waals surface area contributed by atoms with Crippen LogP contribution in [-0.2, 0) is 11.3 Å².